The van der Waals surface area contributed by atoms with E-state index in [-0.39, 0.29) is 11.6 Å². The van der Waals surface area contributed by atoms with E-state index in [1.807, 2.05) is 6.07 Å². The van der Waals surface area contributed by atoms with Crippen molar-refractivity contribution in [2.75, 3.05) is 20.3 Å². The second kappa shape index (κ2) is 9.13. The molecule has 1 aliphatic heterocycles. The van der Waals surface area contributed by atoms with Gasteiger partial charge in [0, 0.05) is 43.3 Å². The molecule has 0 bridgehead atoms. The van der Waals surface area contributed by atoms with Crippen LogP contribution in [-0.2, 0) is 19.4 Å². The monoisotopic (exact) mass is 489 g/mol. The molecule has 36 heavy (non-hydrogen) atoms. The molecule has 0 amide bonds. The van der Waals surface area contributed by atoms with Crippen LogP contribution in [0.3, 0.4) is 0 Å². The average Bonchev–Trinajstić information content (AvgIpc) is 2.91. The minimum absolute atomic E-state index is 0.221. The summed E-state index contributed by atoms with van der Waals surface area (Å²) in [6, 6.07) is 6.88. The number of hydrogen-bond donors (Lipinski definition) is 2. The summed E-state index contributed by atoms with van der Waals surface area (Å²) in [5.41, 5.74) is 3.56. The van der Waals surface area contributed by atoms with E-state index in [1.54, 1.807) is 24.4 Å². The molecule has 5 heterocycles. The zero-order valence-electron chi connectivity index (χ0n) is 19.4. The summed E-state index contributed by atoms with van der Waals surface area (Å²) in [6.45, 7) is 1.34. The van der Waals surface area contributed by atoms with Crippen molar-refractivity contribution in [1.29, 1.82) is 0 Å². The van der Waals surface area contributed by atoms with E-state index in [2.05, 4.69) is 30.5 Å². The molecule has 0 unspecified atom stereocenters. The standard InChI is InChI=1S/C24H23N7O5/c1-34-21-3-2-16-23(28-21)31(22(33)12-27-16)15-6-13-7-19(32)18(9-17(13)26-11-15)25-10-14-8-20-24(30-29-14)36-5-4-35-20/h2-3,6,8,11-12,18-19,25,32H,4-5,7,9-10H2,1H3/t18-,19+/m1/s1. The van der Waals surface area contributed by atoms with Crippen LogP contribution in [0.25, 0.3) is 16.9 Å². The minimum Gasteiger partial charge on any atom is -0.484 e. The van der Waals surface area contributed by atoms with Crippen molar-refractivity contribution in [2.45, 2.75) is 31.5 Å². The third-order valence-electron chi connectivity index (χ3n) is 6.30. The van der Waals surface area contributed by atoms with Crippen LogP contribution in [-0.4, -0.2) is 67.3 Å². The lowest BCUT2D eigenvalue weighted by atomic mass is 9.89. The Balaban J connectivity index is 1.24. The van der Waals surface area contributed by atoms with Gasteiger partial charge in [0.2, 0.25) is 5.88 Å². The molecule has 0 saturated carbocycles. The smallest absolute Gasteiger partial charge is 0.276 e. The Hall–Kier alpha value is -4.16. The maximum Gasteiger partial charge on any atom is 0.276 e. The second-order valence-corrected chi connectivity index (χ2v) is 8.59. The Morgan fingerprint density at radius 3 is 2.92 bits per heavy atom. The number of nitrogens with zero attached hydrogens (tertiary/aromatic N) is 6. The average molecular weight is 489 g/mol. The van der Waals surface area contributed by atoms with E-state index in [9.17, 15) is 9.90 Å². The SMILES string of the molecule is COc1ccc2ncc(=O)n(-c3cnc4c(c3)C[C@H](O)[C@H](NCc3cc5c(nn3)OCCO5)C4)c2n1. The fourth-order valence-corrected chi connectivity index (χ4v) is 4.48. The fraction of sp³-hybridized carbons (Fsp3) is 0.333. The maximum atomic E-state index is 12.7. The molecule has 2 N–H and O–H groups in total. The Morgan fingerprint density at radius 2 is 2.03 bits per heavy atom. The molecule has 6 rings (SSSR count). The Labute approximate surface area is 204 Å². The first-order valence-corrected chi connectivity index (χ1v) is 11.5. The molecule has 4 aromatic heterocycles. The number of fused-ring (bicyclic) bond motifs is 3. The van der Waals surface area contributed by atoms with Gasteiger partial charge in [0.1, 0.15) is 18.7 Å². The van der Waals surface area contributed by atoms with Crippen LogP contribution in [0.15, 0.2) is 41.5 Å². The van der Waals surface area contributed by atoms with Crippen molar-refractivity contribution >= 4 is 11.2 Å². The topological polar surface area (TPSA) is 146 Å². The van der Waals surface area contributed by atoms with Crippen LogP contribution in [0.5, 0.6) is 17.5 Å². The quantitative estimate of drug-likeness (QED) is 0.401. The summed E-state index contributed by atoms with van der Waals surface area (Å²) in [4.78, 5) is 26.0. The third kappa shape index (κ3) is 4.10. The number of pyridine rings is 2. The molecule has 2 atom stereocenters. The van der Waals surface area contributed by atoms with Gasteiger partial charge < -0.3 is 24.6 Å². The van der Waals surface area contributed by atoms with Crippen LogP contribution in [0.1, 0.15) is 17.0 Å². The Kier molecular flexibility index (Phi) is 5.66. The molecule has 1 aliphatic carbocycles. The van der Waals surface area contributed by atoms with Gasteiger partial charge >= 0.3 is 0 Å². The lowest BCUT2D eigenvalue weighted by Crippen LogP contribution is -2.45. The summed E-state index contributed by atoms with van der Waals surface area (Å²) in [5, 5.41) is 22.4. The molecule has 0 saturated heterocycles. The number of methoxy groups -OCH3 is 1. The Morgan fingerprint density at radius 1 is 1.14 bits per heavy atom. The molecule has 0 aromatic carbocycles. The number of rotatable bonds is 5. The molecule has 2 aliphatic rings. The first-order chi connectivity index (χ1) is 17.6. The lowest BCUT2D eigenvalue weighted by Gasteiger charge is -2.30. The van der Waals surface area contributed by atoms with Crippen molar-refractivity contribution < 1.29 is 19.3 Å². The molecule has 12 heteroatoms. The first-order valence-electron chi connectivity index (χ1n) is 11.5. The van der Waals surface area contributed by atoms with E-state index >= 15 is 0 Å². The summed E-state index contributed by atoms with van der Waals surface area (Å²) in [6.07, 6.45) is 3.15. The molecule has 0 spiro atoms. The highest BCUT2D eigenvalue weighted by atomic mass is 16.6. The minimum atomic E-state index is -0.649. The highest BCUT2D eigenvalue weighted by molar-refractivity contribution is 5.72. The van der Waals surface area contributed by atoms with Gasteiger partial charge in [-0.1, -0.05) is 0 Å². The van der Waals surface area contributed by atoms with Gasteiger partial charge in [0.05, 0.1) is 37.0 Å². The lowest BCUT2D eigenvalue weighted by molar-refractivity contribution is 0.117. The van der Waals surface area contributed by atoms with E-state index < -0.39 is 6.10 Å². The molecule has 0 radical (unpaired) electrons. The highest BCUT2D eigenvalue weighted by Gasteiger charge is 2.28. The van der Waals surface area contributed by atoms with Crippen molar-refractivity contribution in [2.24, 2.45) is 0 Å². The fourth-order valence-electron chi connectivity index (χ4n) is 4.48. The van der Waals surface area contributed by atoms with Gasteiger partial charge in [0.15, 0.2) is 11.4 Å². The van der Waals surface area contributed by atoms with Crippen LogP contribution in [0.4, 0.5) is 0 Å². The summed E-state index contributed by atoms with van der Waals surface area (Å²) in [7, 11) is 1.51. The first kappa shape index (κ1) is 22.3. The van der Waals surface area contributed by atoms with E-state index in [0.29, 0.717) is 72.7 Å². The Bertz CT molecular complexity index is 1510. The second-order valence-electron chi connectivity index (χ2n) is 8.59. The van der Waals surface area contributed by atoms with Gasteiger partial charge in [-0.05, 0) is 17.7 Å². The van der Waals surface area contributed by atoms with Crippen molar-refractivity contribution in [3.8, 4) is 23.2 Å². The number of nitrogens with one attached hydrogen (secondary N) is 1. The molecule has 12 nitrogen and oxygen atoms in total. The number of aromatic nitrogens is 6. The third-order valence-corrected chi connectivity index (χ3v) is 6.30. The van der Waals surface area contributed by atoms with Crippen molar-refractivity contribution in [3.63, 3.8) is 0 Å². The molecule has 0 fully saturated rings. The largest absolute Gasteiger partial charge is 0.484 e. The van der Waals surface area contributed by atoms with E-state index in [0.717, 1.165) is 11.3 Å². The van der Waals surface area contributed by atoms with Gasteiger partial charge in [-0.3, -0.25) is 14.3 Å². The van der Waals surface area contributed by atoms with E-state index in [1.165, 1.54) is 17.9 Å². The van der Waals surface area contributed by atoms with Gasteiger partial charge in [-0.2, -0.15) is 10.1 Å². The predicted molar refractivity (Wildman–Crippen MR) is 127 cm³/mol. The van der Waals surface area contributed by atoms with Crippen LogP contribution in [0, 0.1) is 0 Å². The summed E-state index contributed by atoms with van der Waals surface area (Å²) in [5.74, 6) is 1.34. The number of aliphatic hydroxyl groups excluding tert-OH is 1. The number of hydrogen-bond acceptors (Lipinski definition) is 11. The summed E-state index contributed by atoms with van der Waals surface area (Å²) < 4.78 is 17.7. The molecule has 184 valence electrons. The maximum absolute atomic E-state index is 12.7. The number of aliphatic hydroxyl groups is 1. The van der Waals surface area contributed by atoms with Crippen molar-refractivity contribution in [1.82, 2.24) is 35.0 Å². The zero-order valence-corrected chi connectivity index (χ0v) is 19.4. The van der Waals surface area contributed by atoms with Crippen molar-refractivity contribution in [3.05, 3.63) is 64.0 Å². The number of ether oxygens (including phenoxy) is 3. The van der Waals surface area contributed by atoms with Crippen LogP contribution < -0.4 is 25.1 Å². The van der Waals surface area contributed by atoms with Gasteiger partial charge in [-0.25, -0.2) is 4.98 Å². The molecular formula is C24H23N7O5. The molecular weight excluding hydrogens is 466 g/mol. The van der Waals surface area contributed by atoms with Crippen LogP contribution >= 0.6 is 0 Å². The normalized spacial score (nSPS) is 18.6. The molecule has 4 aromatic rings. The van der Waals surface area contributed by atoms with E-state index in [4.69, 9.17) is 14.2 Å². The van der Waals surface area contributed by atoms with Gasteiger partial charge in [-0.15, -0.1) is 5.10 Å². The predicted octanol–water partition coefficient (Wildman–Crippen LogP) is 0.363. The highest BCUT2D eigenvalue weighted by Crippen LogP contribution is 2.27. The van der Waals surface area contributed by atoms with Crippen LogP contribution in [0.2, 0.25) is 0 Å². The summed E-state index contributed by atoms with van der Waals surface area (Å²) >= 11 is 0. The zero-order chi connectivity index (χ0) is 24.6. The van der Waals surface area contributed by atoms with Gasteiger partial charge in [0.25, 0.3) is 11.4 Å².